The first kappa shape index (κ1) is 24.9. The van der Waals surface area contributed by atoms with Crippen molar-refractivity contribution in [3.05, 3.63) is 44.4 Å². The summed E-state index contributed by atoms with van der Waals surface area (Å²) >= 11 is 1.42. The Morgan fingerprint density at radius 3 is 2.69 bits per heavy atom. The van der Waals surface area contributed by atoms with E-state index in [-0.39, 0.29) is 66.8 Å². The van der Waals surface area contributed by atoms with Crippen molar-refractivity contribution >= 4 is 47.7 Å². The lowest BCUT2D eigenvalue weighted by atomic mass is 10.1. The molecule has 0 radical (unpaired) electrons. The Balaban J connectivity index is 0.00000210. The first-order valence-corrected chi connectivity index (χ1v) is 9.34. The molecule has 29 heavy (non-hydrogen) atoms. The fourth-order valence-corrected chi connectivity index (χ4v) is 3.15. The van der Waals surface area contributed by atoms with Crippen LogP contribution >= 0.6 is 36.2 Å². The van der Waals surface area contributed by atoms with Gasteiger partial charge in [-0.1, -0.05) is 0 Å². The van der Waals surface area contributed by atoms with Crippen LogP contribution < -0.4 is 20.5 Å². The van der Waals surface area contributed by atoms with Crippen molar-refractivity contribution in [1.82, 2.24) is 10.3 Å². The molecule has 12 heteroatoms. The van der Waals surface area contributed by atoms with Crippen LogP contribution in [0.15, 0.2) is 23.0 Å². The van der Waals surface area contributed by atoms with Crippen molar-refractivity contribution in [2.24, 2.45) is 11.7 Å². The van der Waals surface area contributed by atoms with Crippen molar-refractivity contribution in [3.8, 4) is 11.5 Å². The number of nitrogens with two attached hydrogens (primary N) is 1. The molecule has 1 amide bonds. The average Bonchev–Trinajstić information content (AvgIpc) is 3.39. The summed E-state index contributed by atoms with van der Waals surface area (Å²) in [6, 6.07) is 2.36. The van der Waals surface area contributed by atoms with E-state index in [4.69, 9.17) is 15.2 Å². The summed E-state index contributed by atoms with van der Waals surface area (Å²) in [7, 11) is 1.40. The molecular formula is C17H22Cl2N4O5S. The predicted octanol–water partition coefficient (Wildman–Crippen LogP) is 2.95. The summed E-state index contributed by atoms with van der Waals surface area (Å²) in [5.41, 5.74) is 7.87. The molecule has 3 N–H and O–H groups in total. The van der Waals surface area contributed by atoms with E-state index in [9.17, 15) is 14.9 Å². The third-order valence-electron chi connectivity index (χ3n) is 4.31. The van der Waals surface area contributed by atoms with E-state index < -0.39 is 10.8 Å². The Morgan fingerprint density at radius 2 is 2.14 bits per heavy atom. The topological polar surface area (TPSA) is 130 Å². The molecule has 0 aliphatic heterocycles. The number of halogens is 2. The molecule has 0 spiro atoms. The Hall–Kier alpha value is -2.14. The standard InChI is InChI=1S/C17H20N4O5S.2ClH/c1-25-15-4-12(17(22)19-6-13(18)10-2-3-10)14(21(23)24)5-16(15)26-7-11-8-27-9-20-11;;/h4-5,8-10,13H,2-3,6-7,18H2,1H3,(H,19,22);2*1H. The number of hydrogen-bond donors (Lipinski definition) is 2. The monoisotopic (exact) mass is 464 g/mol. The number of carbonyl (C=O) groups excluding carboxylic acids is 1. The lowest BCUT2D eigenvalue weighted by Crippen LogP contribution is -2.38. The maximum atomic E-state index is 12.5. The highest BCUT2D eigenvalue weighted by atomic mass is 35.5. The van der Waals surface area contributed by atoms with Crippen LogP contribution in [0, 0.1) is 16.0 Å². The van der Waals surface area contributed by atoms with Gasteiger partial charge >= 0.3 is 0 Å². The van der Waals surface area contributed by atoms with Gasteiger partial charge in [0.1, 0.15) is 12.2 Å². The third kappa shape index (κ3) is 6.43. The Bertz CT molecular complexity index is 833. The van der Waals surface area contributed by atoms with Gasteiger partial charge in [0.15, 0.2) is 11.5 Å². The molecule has 1 atom stereocenters. The number of aromatic nitrogens is 1. The van der Waals surface area contributed by atoms with E-state index in [1.807, 2.05) is 5.38 Å². The van der Waals surface area contributed by atoms with Gasteiger partial charge in [0.25, 0.3) is 11.6 Å². The molecule has 1 heterocycles. The molecule has 2 aromatic rings. The van der Waals surface area contributed by atoms with Gasteiger partial charge < -0.3 is 20.5 Å². The largest absolute Gasteiger partial charge is 0.493 e. The second-order valence-electron chi connectivity index (χ2n) is 6.26. The van der Waals surface area contributed by atoms with E-state index in [0.29, 0.717) is 11.6 Å². The Kier molecular flexibility index (Phi) is 9.57. The molecule has 1 aliphatic carbocycles. The normalized spacial score (nSPS) is 13.4. The zero-order valence-corrected chi connectivity index (χ0v) is 18.0. The minimum Gasteiger partial charge on any atom is -0.493 e. The minimum absolute atomic E-state index is 0. The van der Waals surface area contributed by atoms with Gasteiger partial charge in [0.05, 0.1) is 29.3 Å². The summed E-state index contributed by atoms with van der Waals surface area (Å²) in [4.78, 5) is 27.4. The molecule has 3 rings (SSSR count). The summed E-state index contributed by atoms with van der Waals surface area (Å²) < 4.78 is 10.8. The number of carbonyl (C=O) groups is 1. The number of methoxy groups -OCH3 is 1. The smallest absolute Gasteiger partial charge is 0.286 e. The van der Waals surface area contributed by atoms with Crippen LogP contribution in [0.4, 0.5) is 5.69 Å². The molecule has 0 saturated heterocycles. The van der Waals surface area contributed by atoms with Crippen LogP contribution in [0.3, 0.4) is 0 Å². The van der Waals surface area contributed by atoms with Crippen molar-refractivity contribution in [2.45, 2.75) is 25.5 Å². The Labute approximate surface area is 183 Å². The lowest BCUT2D eigenvalue weighted by Gasteiger charge is -2.14. The van der Waals surface area contributed by atoms with Gasteiger partial charge in [-0.05, 0) is 18.8 Å². The molecule has 0 bridgehead atoms. The highest BCUT2D eigenvalue weighted by Crippen LogP contribution is 2.35. The zero-order chi connectivity index (χ0) is 19.4. The molecule has 1 fully saturated rings. The molecule has 1 unspecified atom stereocenters. The second-order valence-corrected chi connectivity index (χ2v) is 6.98. The number of nitrogens with one attached hydrogen (secondary N) is 1. The van der Waals surface area contributed by atoms with Gasteiger partial charge in [-0.2, -0.15) is 0 Å². The summed E-state index contributed by atoms with van der Waals surface area (Å²) in [5, 5.41) is 15.9. The minimum atomic E-state index is -0.620. The summed E-state index contributed by atoms with van der Waals surface area (Å²) in [6.07, 6.45) is 2.10. The highest BCUT2D eigenvalue weighted by molar-refractivity contribution is 7.07. The third-order valence-corrected chi connectivity index (χ3v) is 4.94. The molecule has 1 aromatic heterocycles. The zero-order valence-electron chi connectivity index (χ0n) is 15.5. The van der Waals surface area contributed by atoms with Crippen LogP contribution in [0.1, 0.15) is 28.9 Å². The van der Waals surface area contributed by atoms with Crippen molar-refractivity contribution in [3.63, 3.8) is 0 Å². The number of benzene rings is 1. The summed E-state index contributed by atoms with van der Waals surface area (Å²) in [5.74, 6) is 0.245. The number of amides is 1. The molecule has 1 aromatic carbocycles. The first-order valence-electron chi connectivity index (χ1n) is 8.39. The van der Waals surface area contributed by atoms with E-state index in [0.717, 1.165) is 12.8 Å². The number of hydrogen-bond acceptors (Lipinski definition) is 8. The summed E-state index contributed by atoms with van der Waals surface area (Å²) in [6.45, 7) is 0.407. The van der Waals surface area contributed by atoms with Gasteiger partial charge in [0.2, 0.25) is 0 Å². The van der Waals surface area contributed by atoms with Crippen molar-refractivity contribution < 1.29 is 19.2 Å². The number of ether oxygens (including phenoxy) is 2. The quantitative estimate of drug-likeness (QED) is 0.430. The number of rotatable bonds is 9. The van der Waals surface area contributed by atoms with E-state index in [2.05, 4.69) is 10.3 Å². The van der Waals surface area contributed by atoms with E-state index in [1.54, 1.807) is 5.51 Å². The number of nitro groups is 1. The Morgan fingerprint density at radius 1 is 1.41 bits per heavy atom. The predicted molar refractivity (Wildman–Crippen MR) is 114 cm³/mol. The van der Waals surface area contributed by atoms with Crippen LogP contribution in [-0.2, 0) is 6.61 Å². The number of nitro benzene ring substituents is 1. The second kappa shape index (κ2) is 11.1. The lowest BCUT2D eigenvalue weighted by molar-refractivity contribution is -0.385. The molecular weight excluding hydrogens is 443 g/mol. The van der Waals surface area contributed by atoms with Gasteiger partial charge in [-0.25, -0.2) is 4.98 Å². The number of thiazole rings is 1. The van der Waals surface area contributed by atoms with Crippen LogP contribution in [-0.4, -0.2) is 35.5 Å². The highest BCUT2D eigenvalue weighted by Gasteiger charge is 2.30. The van der Waals surface area contributed by atoms with Gasteiger partial charge in [-0.3, -0.25) is 14.9 Å². The first-order chi connectivity index (χ1) is 13.0. The molecule has 1 saturated carbocycles. The maximum Gasteiger partial charge on any atom is 0.286 e. The fourth-order valence-electron chi connectivity index (χ4n) is 2.61. The van der Waals surface area contributed by atoms with Crippen LogP contribution in [0.5, 0.6) is 11.5 Å². The molecule has 1 aliphatic rings. The van der Waals surface area contributed by atoms with E-state index >= 15 is 0 Å². The average molecular weight is 465 g/mol. The fraction of sp³-hybridized carbons (Fsp3) is 0.412. The maximum absolute atomic E-state index is 12.5. The SMILES string of the molecule is COc1cc(C(=O)NCC(N)C2CC2)c([N+](=O)[O-])cc1OCc1cscn1.Cl.Cl. The van der Waals surface area contributed by atoms with Crippen molar-refractivity contribution in [1.29, 1.82) is 0 Å². The van der Waals surface area contributed by atoms with Gasteiger partial charge in [-0.15, -0.1) is 36.2 Å². The van der Waals surface area contributed by atoms with Crippen molar-refractivity contribution in [2.75, 3.05) is 13.7 Å². The molecule has 160 valence electrons. The van der Waals surface area contributed by atoms with Crippen LogP contribution in [0.2, 0.25) is 0 Å². The molecule has 9 nitrogen and oxygen atoms in total. The number of nitrogens with zero attached hydrogens (tertiary/aromatic N) is 2. The van der Waals surface area contributed by atoms with E-state index in [1.165, 1.54) is 30.6 Å². The van der Waals surface area contributed by atoms with Gasteiger partial charge in [0, 0.05) is 24.0 Å². The van der Waals surface area contributed by atoms with Crippen LogP contribution in [0.25, 0.3) is 0 Å².